The molecule has 0 radical (unpaired) electrons. The van der Waals surface area contributed by atoms with Gasteiger partial charge in [0.2, 0.25) is 0 Å². The van der Waals surface area contributed by atoms with Gasteiger partial charge in [0.25, 0.3) is 0 Å². The van der Waals surface area contributed by atoms with Crippen molar-refractivity contribution in [2.45, 2.75) is 89.9 Å². The van der Waals surface area contributed by atoms with Crippen LogP contribution in [0.3, 0.4) is 0 Å². The SMILES string of the molecule is CCCCCC(O)CCCC(=O)OCC(O)C(O)C1C(C(C)C)=Cc2ccccc21. The zero-order chi connectivity index (χ0) is 22.1. The molecule has 0 saturated heterocycles. The molecule has 4 unspecified atom stereocenters. The van der Waals surface area contributed by atoms with Gasteiger partial charge in [0.1, 0.15) is 12.7 Å². The Morgan fingerprint density at radius 3 is 2.47 bits per heavy atom. The zero-order valence-corrected chi connectivity index (χ0v) is 18.6. The van der Waals surface area contributed by atoms with Crippen molar-refractivity contribution in [2.75, 3.05) is 6.61 Å². The van der Waals surface area contributed by atoms with Gasteiger partial charge >= 0.3 is 5.97 Å². The van der Waals surface area contributed by atoms with Crippen LogP contribution in [0.1, 0.15) is 82.8 Å². The smallest absolute Gasteiger partial charge is 0.305 e. The van der Waals surface area contributed by atoms with Crippen LogP contribution in [0, 0.1) is 5.92 Å². The molecule has 0 fully saturated rings. The monoisotopic (exact) mass is 418 g/mol. The highest BCUT2D eigenvalue weighted by molar-refractivity contribution is 5.69. The van der Waals surface area contributed by atoms with Gasteiger partial charge in [0.15, 0.2) is 0 Å². The first-order chi connectivity index (χ1) is 14.3. The van der Waals surface area contributed by atoms with Gasteiger partial charge in [0.05, 0.1) is 12.2 Å². The summed E-state index contributed by atoms with van der Waals surface area (Å²) >= 11 is 0. The van der Waals surface area contributed by atoms with Crippen LogP contribution in [-0.4, -0.2) is 46.2 Å². The van der Waals surface area contributed by atoms with Gasteiger partial charge in [-0.2, -0.15) is 0 Å². The molecule has 0 heterocycles. The fourth-order valence-electron chi connectivity index (χ4n) is 4.11. The van der Waals surface area contributed by atoms with E-state index in [1.807, 2.05) is 24.3 Å². The topological polar surface area (TPSA) is 87.0 Å². The summed E-state index contributed by atoms with van der Waals surface area (Å²) in [5.74, 6) is -0.475. The number of ether oxygens (including phenoxy) is 1. The molecular formula is C25H38O5. The Hall–Kier alpha value is -1.69. The van der Waals surface area contributed by atoms with Crippen molar-refractivity contribution in [3.05, 3.63) is 41.0 Å². The molecule has 1 aromatic carbocycles. The molecule has 0 bridgehead atoms. The quantitative estimate of drug-likeness (QED) is 0.330. The minimum atomic E-state index is -1.16. The first kappa shape index (κ1) is 24.6. The van der Waals surface area contributed by atoms with Gasteiger partial charge < -0.3 is 20.1 Å². The lowest BCUT2D eigenvalue weighted by Crippen LogP contribution is -2.37. The molecule has 0 aromatic heterocycles. The van der Waals surface area contributed by atoms with Crippen LogP contribution in [0.2, 0.25) is 0 Å². The average molecular weight is 419 g/mol. The van der Waals surface area contributed by atoms with Gasteiger partial charge in [-0.05, 0) is 36.3 Å². The molecule has 0 spiro atoms. The van der Waals surface area contributed by atoms with Crippen LogP contribution in [-0.2, 0) is 9.53 Å². The molecule has 4 atom stereocenters. The highest BCUT2D eigenvalue weighted by Gasteiger charge is 2.36. The molecule has 1 aliphatic rings. The van der Waals surface area contributed by atoms with E-state index >= 15 is 0 Å². The number of hydrogen-bond acceptors (Lipinski definition) is 5. The summed E-state index contributed by atoms with van der Waals surface area (Å²) in [5.41, 5.74) is 3.13. The van der Waals surface area contributed by atoms with E-state index in [-0.39, 0.29) is 31.0 Å². The number of carbonyl (C=O) groups is 1. The van der Waals surface area contributed by atoms with E-state index in [1.54, 1.807) is 0 Å². The molecule has 3 N–H and O–H groups in total. The highest BCUT2D eigenvalue weighted by Crippen LogP contribution is 2.42. The Balaban J connectivity index is 1.79. The Morgan fingerprint density at radius 1 is 1.07 bits per heavy atom. The van der Waals surface area contributed by atoms with Gasteiger partial charge in [-0.1, -0.05) is 75.9 Å². The van der Waals surface area contributed by atoms with Gasteiger partial charge in [-0.25, -0.2) is 0 Å². The van der Waals surface area contributed by atoms with Crippen molar-refractivity contribution in [3.63, 3.8) is 0 Å². The van der Waals surface area contributed by atoms with E-state index in [0.29, 0.717) is 12.8 Å². The fraction of sp³-hybridized carbons (Fsp3) is 0.640. The third-order valence-electron chi connectivity index (χ3n) is 5.89. The van der Waals surface area contributed by atoms with E-state index < -0.39 is 18.2 Å². The molecule has 5 nitrogen and oxygen atoms in total. The first-order valence-corrected chi connectivity index (χ1v) is 11.3. The van der Waals surface area contributed by atoms with E-state index in [0.717, 1.165) is 42.4 Å². The van der Waals surface area contributed by atoms with Crippen LogP contribution in [0.15, 0.2) is 29.8 Å². The van der Waals surface area contributed by atoms with Crippen LogP contribution < -0.4 is 0 Å². The molecule has 0 aliphatic heterocycles. The Bertz CT molecular complexity index is 697. The average Bonchev–Trinajstić information content (AvgIpc) is 3.11. The normalized spacial score (nSPS) is 18.6. The predicted molar refractivity (Wildman–Crippen MR) is 119 cm³/mol. The maximum Gasteiger partial charge on any atom is 0.305 e. The Kier molecular flexibility index (Phi) is 10.0. The van der Waals surface area contributed by atoms with Crippen LogP contribution in [0.25, 0.3) is 6.08 Å². The Morgan fingerprint density at radius 2 is 1.77 bits per heavy atom. The molecule has 2 rings (SSSR count). The maximum atomic E-state index is 12.0. The molecule has 168 valence electrons. The number of benzene rings is 1. The number of aliphatic hydroxyl groups excluding tert-OH is 3. The standard InChI is InChI=1S/C25H38O5/c1-4-5-6-11-19(26)12-9-14-23(28)30-16-22(27)25(29)24-20-13-8-7-10-18(20)15-21(24)17(2)3/h7-8,10,13,15,17,19,22,24-27,29H,4-6,9,11-12,14,16H2,1-3H3. The molecule has 0 amide bonds. The molecule has 1 aliphatic carbocycles. The minimum Gasteiger partial charge on any atom is -0.463 e. The summed E-state index contributed by atoms with van der Waals surface area (Å²) in [6.07, 6.45) is 4.84. The van der Waals surface area contributed by atoms with Crippen LogP contribution in [0.5, 0.6) is 0 Å². The second kappa shape index (κ2) is 12.2. The van der Waals surface area contributed by atoms with E-state index in [1.165, 1.54) is 0 Å². The summed E-state index contributed by atoms with van der Waals surface area (Å²) in [5, 5.41) is 31.2. The zero-order valence-electron chi connectivity index (χ0n) is 18.6. The van der Waals surface area contributed by atoms with Crippen molar-refractivity contribution >= 4 is 12.0 Å². The molecule has 5 heteroatoms. The summed E-state index contributed by atoms with van der Waals surface area (Å²) in [6.45, 7) is 6.03. The van der Waals surface area contributed by atoms with Crippen molar-refractivity contribution in [2.24, 2.45) is 5.92 Å². The largest absolute Gasteiger partial charge is 0.463 e. The molecular weight excluding hydrogens is 380 g/mol. The third kappa shape index (κ3) is 6.93. The molecule has 1 aromatic rings. The van der Waals surface area contributed by atoms with Gasteiger partial charge in [-0.15, -0.1) is 0 Å². The second-order valence-corrected chi connectivity index (χ2v) is 8.69. The number of fused-ring (bicyclic) bond motifs is 1. The molecule has 0 saturated carbocycles. The fourth-order valence-corrected chi connectivity index (χ4v) is 4.11. The van der Waals surface area contributed by atoms with Crippen LogP contribution >= 0.6 is 0 Å². The lowest BCUT2D eigenvalue weighted by molar-refractivity contribution is -0.149. The minimum absolute atomic E-state index is 0.205. The lowest BCUT2D eigenvalue weighted by Gasteiger charge is -2.28. The number of hydrogen-bond donors (Lipinski definition) is 3. The Labute approximate surface area is 180 Å². The van der Waals surface area contributed by atoms with Crippen molar-refractivity contribution in [3.8, 4) is 0 Å². The summed E-state index contributed by atoms with van der Waals surface area (Å²) < 4.78 is 5.20. The second-order valence-electron chi connectivity index (χ2n) is 8.69. The summed E-state index contributed by atoms with van der Waals surface area (Å²) in [4.78, 5) is 12.0. The summed E-state index contributed by atoms with van der Waals surface area (Å²) in [7, 11) is 0. The van der Waals surface area contributed by atoms with Gasteiger partial charge in [0, 0.05) is 12.3 Å². The number of esters is 1. The first-order valence-electron chi connectivity index (χ1n) is 11.3. The third-order valence-corrected chi connectivity index (χ3v) is 5.89. The lowest BCUT2D eigenvalue weighted by atomic mass is 9.83. The number of rotatable bonds is 13. The van der Waals surface area contributed by atoms with Crippen LogP contribution in [0.4, 0.5) is 0 Å². The number of aliphatic hydroxyl groups is 3. The van der Waals surface area contributed by atoms with E-state index in [4.69, 9.17) is 4.74 Å². The number of unbranched alkanes of at least 4 members (excludes halogenated alkanes) is 2. The van der Waals surface area contributed by atoms with Gasteiger partial charge in [-0.3, -0.25) is 4.79 Å². The highest BCUT2D eigenvalue weighted by atomic mass is 16.5. The van der Waals surface area contributed by atoms with Crippen molar-refractivity contribution in [1.82, 2.24) is 0 Å². The van der Waals surface area contributed by atoms with E-state index in [9.17, 15) is 20.1 Å². The number of carbonyl (C=O) groups excluding carboxylic acids is 1. The predicted octanol–water partition coefficient (Wildman–Crippen LogP) is 4.20. The van der Waals surface area contributed by atoms with Crippen molar-refractivity contribution in [1.29, 1.82) is 0 Å². The van der Waals surface area contributed by atoms with Crippen molar-refractivity contribution < 1.29 is 24.9 Å². The maximum absolute atomic E-state index is 12.0. The molecule has 30 heavy (non-hydrogen) atoms. The van der Waals surface area contributed by atoms with E-state index in [2.05, 4.69) is 26.8 Å². The summed E-state index contributed by atoms with van der Waals surface area (Å²) in [6, 6.07) is 7.87.